The van der Waals surface area contributed by atoms with Crippen molar-refractivity contribution in [3.63, 3.8) is 0 Å². The first-order valence-corrected chi connectivity index (χ1v) is 8.30. The zero-order chi connectivity index (χ0) is 15.2. The second-order valence-electron chi connectivity index (χ2n) is 5.86. The van der Waals surface area contributed by atoms with Crippen molar-refractivity contribution in [2.75, 3.05) is 0 Å². The van der Waals surface area contributed by atoms with Gasteiger partial charge in [0.1, 0.15) is 5.78 Å². The van der Waals surface area contributed by atoms with Crippen LogP contribution in [0.2, 0.25) is 0 Å². The molecule has 0 heterocycles. The average Bonchev–Trinajstić information content (AvgIpc) is 2.39. The first kappa shape index (κ1) is 19.1. The molecule has 1 atom stereocenters. The first-order chi connectivity index (χ1) is 9.57. The minimum atomic E-state index is -0.683. The third-order valence-electron chi connectivity index (χ3n) is 3.91. The molecule has 0 spiro atoms. The minimum Gasteiger partial charge on any atom is -0.481 e. The van der Waals surface area contributed by atoms with Gasteiger partial charge in [-0.1, -0.05) is 58.3 Å². The number of unbranched alkanes of at least 4 members (excludes halogenated alkanes) is 7. The SMILES string of the molecule is CCC[C@@H](CCCCCCCCCCC(=O)O)C(C)=O. The molecule has 118 valence electrons. The lowest BCUT2D eigenvalue weighted by molar-refractivity contribution is -0.137. The van der Waals surface area contributed by atoms with E-state index in [1.165, 1.54) is 32.1 Å². The number of carboxylic acids is 1. The van der Waals surface area contributed by atoms with Gasteiger partial charge < -0.3 is 5.11 Å². The Hall–Kier alpha value is -0.860. The van der Waals surface area contributed by atoms with Gasteiger partial charge >= 0.3 is 5.97 Å². The van der Waals surface area contributed by atoms with Gasteiger partial charge in [0.2, 0.25) is 0 Å². The second kappa shape index (κ2) is 13.1. The highest BCUT2D eigenvalue weighted by atomic mass is 16.4. The lowest BCUT2D eigenvalue weighted by atomic mass is 9.93. The number of ketones is 1. The van der Waals surface area contributed by atoms with Gasteiger partial charge in [-0.2, -0.15) is 0 Å². The van der Waals surface area contributed by atoms with Gasteiger partial charge in [0.15, 0.2) is 0 Å². The van der Waals surface area contributed by atoms with Crippen LogP contribution in [0.3, 0.4) is 0 Å². The Morgan fingerprint density at radius 3 is 1.80 bits per heavy atom. The summed E-state index contributed by atoms with van der Waals surface area (Å²) in [6, 6.07) is 0. The molecule has 1 N–H and O–H groups in total. The smallest absolute Gasteiger partial charge is 0.303 e. The molecule has 0 bridgehead atoms. The fraction of sp³-hybridized carbons (Fsp3) is 0.882. The van der Waals surface area contributed by atoms with Crippen molar-refractivity contribution in [3.8, 4) is 0 Å². The maximum atomic E-state index is 11.4. The van der Waals surface area contributed by atoms with Gasteiger partial charge in [-0.3, -0.25) is 9.59 Å². The zero-order valence-corrected chi connectivity index (χ0v) is 13.3. The van der Waals surface area contributed by atoms with E-state index in [0.717, 1.165) is 38.5 Å². The first-order valence-electron chi connectivity index (χ1n) is 8.30. The fourth-order valence-electron chi connectivity index (χ4n) is 2.63. The Balaban J connectivity index is 3.31. The van der Waals surface area contributed by atoms with Gasteiger partial charge in [0.25, 0.3) is 0 Å². The van der Waals surface area contributed by atoms with Gasteiger partial charge in [-0.25, -0.2) is 0 Å². The molecular formula is C17H32O3. The highest BCUT2D eigenvalue weighted by Gasteiger charge is 2.11. The fourth-order valence-corrected chi connectivity index (χ4v) is 2.63. The quantitative estimate of drug-likeness (QED) is 0.458. The lowest BCUT2D eigenvalue weighted by Gasteiger charge is -2.12. The molecule has 0 aromatic rings. The van der Waals surface area contributed by atoms with Crippen LogP contribution in [0, 0.1) is 5.92 Å². The summed E-state index contributed by atoms with van der Waals surface area (Å²) >= 11 is 0. The summed E-state index contributed by atoms with van der Waals surface area (Å²) in [6.45, 7) is 3.86. The van der Waals surface area contributed by atoms with Gasteiger partial charge in [0.05, 0.1) is 0 Å². The number of carbonyl (C=O) groups is 2. The van der Waals surface area contributed by atoms with Crippen LogP contribution in [0.5, 0.6) is 0 Å². The summed E-state index contributed by atoms with van der Waals surface area (Å²) in [5.74, 6) is -0.0431. The van der Waals surface area contributed by atoms with Crippen LogP contribution in [-0.4, -0.2) is 16.9 Å². The molecule has 0 saturated carbocycles. The number of Topliss-reactive ketones (excluding diaryl/α,β-unsaturated/α-hetero) is 1. The van der Waals surface area contributed by atoms with E-state index in [9.17, 15) is 9.59 Å². The van der Waals surface area contributed by atoms with Crippen molar-refractivity contribution in [3.05, 3.63) is 0 Å². The average molecular weight is 284 g/mol. The van der Waals surface area contributed by atoms with Crippen LogP contribution in [0.15, 0.2) is 0 Å². The van der Waals surface area contributed by atoms with Crippen molar-refractivity contribution in [1.29, 1.82) is 0 Å². The van der Waals surface area contributed by atoms with Crippen molar-refractivity contribution in [2.24, 2.45) is 5.92 Å². The van der Waals surface area contributed by atoms with Crippen LogP contribution in [0.4, 0.5) is 0 Å². The number of rotatable bonds is 14. The Morgan fingerprint density at radius 1 is 0.850 bits per heavy atom. The van der Waals surface area contributed by atoms with E-state index in [-0.39, 0.29) is 5.92 Å². The third-order valence-corrected chi connectivity index (χ3v) is 3.91. The van der Waals surface area contributed by atoms with E-state index >= 15 is 0 Å². The predicted molar refractivity (Wildman–Crippen MR) is 82.9 cm³/mol. The molecule has 3 heteroatoms. The monoisotopic (exact) mass is 284 g/mol. The van der Waals surface area contributed by atoms with E-state index < -0.39 is 5.97 Å². The summed E-state index contributed by atoms with van der Waals surface area (Å²) in [6.07, 6.45) is 12.6. The predicted octanol–water partition coefficient (Wildman–Crippen LogP) is 4.98. The Kier molecular flexibility index (Phi) is 12.6. The summed E-state index contributed by atoms with van der Waals surface area (Å²) in [4.78, 5) is 21.7. The Labute approximate surface area is 124 Å². The molecule has 0 aromatic carbocycles. The second-order valence-corrected chi connectivity index (χ2v) is 5.86. The molecule has 0 fully saturated rings. The van der Waals surface area contributed by atoms with Gasteiger partial charge in [-0.05, 0) is 26.2 Å². The van der Waals surface area contributed by atoms with E-state index in [1.807, 2.05) is 0 Å². The summed E-state index contributed by atoms with van der Waals surface area (Å²) in [5, 5.41) is 8.51. The number of hydrogen-bond donors (Lipinski definition) is 1. The molecule has 0 amide bonds. The summed E-state index contributed by atoms with van der Waals surface area (Å²) < 4.78 is 0. The van der Waals surface area contributed by atoms with Gasteiger partial charge in [0, 0.05) is 12.3 Å². The molecular weight excluding hydrogens is 252 g/mol. The number of carboxylic acid groups (broad SMARTS) is 1. The number of hydrogen-bond acceptors (Lipinski definition) is 2. The molecule has 0 aromatic heterocycles. The van der Waals surface area contributed by atoms with Gasteiger partial charge in [-0.15, -0.1) is 0 Å². The number of aliphatic carboxylic acids is 1. The van der Waals surface area contributed by atoms with Crippen LogP contribution in [0.25, 0.3) is 0 Å². The largest absolute Gasteiger partial charge is 0.481 e. The summed E-state index contributed by atoms with van der Waals surface area (Å²) in [5.41, 5.74) is 0. The molecule has 0 saturated heterocycles. The standard InChI is InChI=1S/C17H32O3/c1-3-12-16(15(2)18)13-10-8-6-4-5-7-9-11-14-17(19)20/h16H,3-14H2,1-2H3,(H,19,20)/t16-/m0/s1. The van der Waals surface area contributed by atoms with Crippen molar-refractivity contribution in [1.82, 2.24) is 0 Å². The molecule has 0 rings (SSSR count). The zero-order valence-electron chi connectivity index (χ0n) is 13.3. The molecule has 0 aliphatic carbocycles. The Bertz CT molecular complexity index is 261. The highest BCUT2D eigenvalue weighted by molar-refractivity contribution is 5.78. The summed E-state index contributed by atoms with van der Waals surface area (Å²) in [7, 11) is 0. The highest BCUT2D eigenvalue weighted by Crippen LogP contribution is 2.18. The molecule has 20 heavy (non-hydrogen) atoms. The normalized spacial score (nSPS) is 12.3. The lowest BCUT2D eigenvalue weighted by Crippen LogP contribution is -2.10. The van der Waals surface area contributed by atoms with E-state index in [0.29, 0.717) is 12.2 Å². The van der Waals surface area contributed by atoms with Crippen LogP contribution in [-0.2, 0) is 9.59 Å². The van der Waals surface area contributed by atoms with E-state index in [2.05, 4.69) is 6.92 Å². The van der Waals surface area contributed by atoms with Crippen molar-refractivity contribution in [2.45, 2.75) is 90.9 Å². The third kappa shape index (κ3) is 12.2. The van der Waals surface area contributed by atoms with E-state index in [1.54, 1.807) is 6.92 Å². The molecule has 0 radical (unpaired) electrons. The maximum Gasteiger partial charge on any atom is 0.303 e. The molecule has 0 aliphatic heterocycles. The topological polar surface area (TPSA) is 54.4 Å². The molecule has 0 aliphatic rings. The van der Waals surface area contributed by atoms with Crippen molar-refractivity contribution >= 4 is 11.8 Å². The molecule has 3 nitrogen and oxygen atoms in total. The van der Waals surface area contributed by atoms with Crippen LogP contribution < -0.4 is 0 Å². The van der Waals surface area contributed by atoms with Crippen LogP contribution in [0.1, 0.15) is 90.9 Å². The van der Waals surface area contributed by atoms with Crippen LogP contribution >= 0.6 is 0 Å². The maximum absolute atomic E-state index is 11.4. The minimum absolute atomic E-state index is 0.288. The van der Waals surface area contributed by atoms with E-state index in [4.69, 9.17) is 5.11 Å². The molecule has 0 unspecified atom stereocenters. The number of carbonyl (C=O) groups excluding carboxylic acids is 1. The Morgan fingerprint density at radius 2 is 1.35 bits per heavy atom. The van der Waals surface area contributed by atoms with Crippen molar-refractivity contribution < 1.29 is 14.7 Å².